The molecule has 0 aliphatic carbocycles. The number of fused-ring (bicyclic) bond motifs is 4. The van der Waals surface area contributed by atoms with Crippen LogP contribution in [0.5, 0.6) is 0 Å². The van der Waals surface area contributed by atoms with Crippen molar-refractivity contribution in [2.45, 2.75) is 69.6 Å². The molecule has 1 aliphatic heterocycles. The maximum atomic E-state index is 8.56. The smallest absolute Gasteiger partial charge is 0 e. The van der Waals surface area contributed by atoms with Crippen molar-refractivity contribution in [1.82, 2.24) is 4.98 Å². The first kappa shape index (κ1) is 39.6. The fourth-order valence-corrected chi connectivity index (χ4v) is 11.1. The van der Waals surface area contributed by atoms with Gasteiger partial charge in [0.05, 0.1) is 11.3 Å². The Kier molecular flexibility index (Phi) is 11.7. The summed E-state index contributed by atoms with van der Waals surface area (Å²) in [6, 6.07) is 54.7. The molecule has 59 heavy (non-hydrogen) atoms. The Balaban J connectivity index is 0.000000210. The zero-order valence-corrected chi connectivity index (χ0v) is 39.6. The van der Waals surface area contributed by atoms with Crippen molar-refractivity contribution < 1.29 is 27.3 Å². The Morgan fingerprint density at radius 2 is 1.51 bits per heavy atom. The number of pyridine rings is 1. The monoisotopic (exact) mass is 1010 g/mol. The van der Waals surface area contributed by atoms with E-state index < -0.39 is 19.6 Å². The van der Waals surface area contributed by atoms with Gasteiger partial charge in [-0.1, -0.05) is 117 Å². The summed E-state index contributed by atoms with van der Waals surface area (Å²) in [5.74, 6) is 6.72. The second-order valence-electron chi connectivity index (χ2n) is 17.5. The topological polar surface area (TPSA) is 38.4 Å². The second-order valence-corrected chi connectivity index (χ2v) is 28.1. The number of aromatic nitrogens is 1. The summed E-state index contributed by atoms with van der Waals surface area (Å²) < 4.78 is 24.8. The van der Waals surface area contributed by atoms with E-state index in [4.69, 9.17) is 12.2 Å². The quantitative estimate of drug-likeness (QED) is 0.118. The fraction of sp³-hybridized carbons (Fsp3) is 0.222. The van der Waals surface area contributed by atoms with Crippen LogP contribution in [0.2, 0.25) is 17.3 Å². The Morgan fingerprint density at radius 3 is 2.24 bits per heavy atom. The number of benzene rings is 6. The molecule has 0 N–H and O–H groups in total. The third-order valence-electron chi connectivity index (χ3n) is 10.8. The summed E-state index contributed by atoms with van der Waals surface area (Å²) in [6.45, 7) is 10.8. The van der Waals surface area contributed by atoms with E-state index in [2.05, 4.69) is 146 Å². The zero-order chi connectivity index (χ0) is 42.4. The number of hydrogen-bond donors (Lipinski definition) is 0. The van der Waals surface area contributed by atoms with E-state index in [9.17, 15) is 0 Å². The van der Waals surface area contributed by atoms with Crippen molar-refractivity contribution in [2.24, 2.45) is 10.9 Å². The molecule has 8 aromatic rings. The molecule has 0 saturated carbocycles. The van der Waals surface area contributed by atoms with Gasteiger partial charge in [-0.2, -0.15) is 0 Å². The van der Waals surface area contributed by atoms with Crippen LogP contribution in [0.15, 0.2) is 155 Å². The van der Waals surface area contributed by atoms with Gasteiger partial charge >= 0.3 is 128 Å². The number of hydrogen-bond acceptors (Lipinski definition) is 3. The number of aliphatic imine (C=N–C) groups is 1. The molecule has 5 heteroatoms. The predicted molar refractivity (Wildman–Crippen MR) is 248 cm³/mol. The summed E-state index contributed by atoms with van der Waals surface area (Å²) in [7, 11) is 0. The molecule has 1 aliphatic rings. The van der Waals surface area contributed by atoms with Gasteiger partial charge in [0.1, 0.15) is 5.58 Å². The molecule has 299 valence electrons. The summed E-state index contributed by atoms with van der Waals surface area (Å²) in [6.07, 6.45) is 0.562. The van der Waals surface area contributed by atoms with Crippen LogP contribution in [0.3, 0.4) is 0 Å². The van der Waals surface area contributed by atoms with E-state index in [-0.39, 0.29) is 37.4 Å². The first-order valence-corrected chi connectivity index (χ1v) is 27.7. The molecule has 0 fully saturated rings. The normalized spacial score (nSPS) is 14.5. The molecule has 9 rings (SSSR count). The van der Waals surface area contributed by atoms with Gasteiger partial charge in [-0.25, -0.2) is 0 Å². The maximum Gasteiger partial charge on any atom is 0 e. The zero-order valence-electron chi connectivity index (χ0n) is 37.1. The molecule has 2 aromatic heterocycles. The first-order valence-electron chi connectivity index (χ1n) is 21.3. The molecule has 3 heterocycles. The van der Waals surface area contributed by atoms with Gasteiger partial charge in [-0.05, 0) is 51.1 Å². The number of furan rings is 1. The molecule has 0 spiro atoms. The average molecular weight is 1010 g/mol. The van der Waals surface area contributed by atoms with Gasteiger partial charge in [0.2, 0.25) is 0 Å². The van der Waals surface area contributed by atoms with Crippen LogP contribution in [0.4, 0.5) is 5.69 Å². The number of rotatable bonds is 7. The molecule has 3 nitrogen and oxygen atoms in total. The van der Waals surface area contributed by atoms with Gasteiger partial charge in [0.15, 0.2) is 0 Å². The van der Waals surface area contributed by atoms with Gasteiger partial charge in [0, 0.05) is 31.4 Å². The molecule has 0 bridgehead atoms. The molecule has 1 atom stereocenters. The van der Waals surface area contributed by atoms with Crippen molar-refractivity contribution in [3.05, 3.63) is 186 Å². The third kappa shape index (κ3) is 8.73. The second kappa shape index (κ2) is 17.4. The van der Waals surface area contributed by atoms with Gasteiger partial charge < -0.3 is 4.42 Å². The van der Waals surface area contributed by atoms with E-state index in [0.717, 1.165) is 60.1 Å². The summed E-state index contributed by atoms with van der Waals surface area (Å²) in [5.41, 5.74) is 13.4. The van der Waals surface area contributed by atoms with E-state index in [0.29, 0.717) is 0 Å². The minimum atomic E-state index is -2.20. The van der Waals surface area contributed by atoms with Crippen LogP contribution in [-0.4, -0.2) is 24.0 Å². The molecule has 0 saturated heterocycles. The van der Waals surface area contributed by atoms with E-state index in [1.165, 1.54) is 27.8 Å². The standard InChI is InChI=1S/C36H28NO.C18H24GeN.Ir/c1-36(2,3)29-20-12-17-24(23-13-5-4-6-14-23)32(29)33-27-16-7-9-21-30(27)37-34(33)28-19-11-18-26-25-15-8-10-22-31(25)38-35(26)28;1-14(2)11-16-12-18(15-9-7-6-8-10-15)20-13-17(16)19(3,4)5;/h4-18,20-22,33H,1-3H3;6-9,12-14H,11H2,1-5H3;/q2*-1;/i;11D2;. The van der Waals surface area contributed by atoms with Crippen molar-refractivity contribution >= 4 is 51.0 Å². The van der Waals surface area contributed by atoms with Crippen LogP contribution in [0, 0.1) is 18.1 Å². The van der Waals surface area contributed by atoms with E-state index in [1.54, 1.807) is 0 Å². The Morgan fingerprint density at radius 1 is 0.780 bits per heavy atom. The third-order valence-corrected chi connectivity index (χ3v) is 15.0. The van der Waals surface area contributed by atoms with Crippen LogP contribution < -0.4 is 4.40 Å². The first-order chi connectivity index (χ1) is 28.6. The molecule has 0 amide bonds. The van der Waals surface area contributed by atoms with Crippen LogP contribution >= 0.6 is 0 Å². The van der Waals surface area contributed by atoms with Crippen LogP contribution in [-0.2, 0) is 31.9 Å². The summed E-state index contributed by atoms with van der Waals surface area (Å²) in [4.78, 5) is 9.88. The SMILES string of the molecule is CC(C)(C)c1cccc(-c2ccccc2)c1C1C(c2[c-]ccc3c2oc2ccccc23)=Nc2ccccc21.[2H]C([2H])(c1cc(-c2[c-]cccc2)nc[c]1[Ge]([CH3])([CH3])[CH3])C(C)C.[Ir]. The molecule has 1 radical (unpaired) electrons. The van der Waals surface area contributed by atoms with Crippen molar-refractivity contribution in [3.8, 4) is 22.4 Å². The molecular formula is C54H52GeIrN2O-2. The van der Waals surface area contributed by atoms with E-state index >= 15 is 0 Å². The number of para-hydroxylation sites is 2. The molecule has 1 unspecified atom stereocenters. The summed E-state index contributed by atoms with van der Waals surface area (Å²) >= 11 is -2.20. The average Bonchev–Trinajstić information content (AvgIpc) is 3.82. The largest absolute Gasteiger partial charge is 0 e. The van der Waals surface area contributed by atoms with Gasteiger partial charge in [-0.15, -0.1) is 18.2 Å². The Bertz CT molecular complexity index is 2850. The Hall–Kier alpha value is -4.87. The summed E-state index contributed by atoms with van der Waals surface area (Å²) in [5, 5.41) is 2.21. The predicted octanol–water partition coefficient (Wildman–Crippen LogP) is 13.9. The van der Waals surface area contributed by atoms with Gasteiger partial charge in [0.25, 0.3) is 0 Å². The molecule has 6 aromatic carbocycles. The van der Waals surface area contributed by atoms with Crippen molar-refractivity contribution in [3.63, 3.8) is 0 Å². The molecular weight excluding hydrogens is 957 g/mol. The van der Waals surface area contributed by atoms with Crippen molar-refractivity contribution in [2.75, 3.05) is 0 Å². The maximum absolute atomic E-state index is 8.56. The van der Waals surface area contributed by atoms with E-state index in [1.807, 2.05) is 68.6 Å². The number of nitrogens with zero attached hydrogens (tertiary/aromatic N) is 2. The van der Waals surface area contributed by atoms with Crippen LogP contribution in [0.1, 0.15) is 71.1 Å². The Labute approximate surface area is 369 Å². The van der Waals surface area contributed by atoms with Crippen molar-refractivity contribution in [1.29, 1.82) is 0 Å². The van der Waals surface area contributed by atoms with Gasteiger partial charge in [-0.3, -0.25) is 4.99 Å². The van der Waals surface area contributed by atoms with Crippen LogP contribution in [0.25, 0.3) is 44.3 Å². The minimum absolute atomic E-state index is 0. The minimum Gasteiger partial charge on any atom is 0 e. The fourth-order valence-electron chi connectivity index (χ4n) is 8.13.